The van der Waals surface area contributed by atoms with Crippen LogP contribution >= 0.6 is 0 Å². The monoisotopic (exact) mass is 219 g/mol. The minimum atomic E-state index is -0.445. The van der Waals surface area contributed by atoms with Crippen LogP contribution < -0.4 is 10.5 Å². The van der Waals surface area contributed by atoms with Crippen molar-refractivity contribution in [3.63, 3.8) is 0 Å². The van der Waals surface area contributed by atoms with Crippen LogP contribution in [0.1, 0.15) is 5.56 Å². The predicted octanol–water partition coefficient (Wildman–Crippen LogP) is 2.30. The molecule has 0 radical (unpaired) electrons. The zero-order valence-electron chi connectivity index (χ0n) is 8.64. The van der Waals surface area contributed by atoms with Crippen LogP contribution in [0.2, 0.25) is 0 Å². The van der Waals surface area contributed by atoms with Gasteiger partial charge in [-0.05, 0) is 19.1 Å². The summed E-state index contributed by atoms with van der Waals surface area (Å²) in [4.78, 5) is 7.69. The van der Waals surface area contributed by atoms with Crippen molar-refractivity contribution in [2.24, 2.45) is 0 Å². The highest BCUT2D eigenvalue weighted by atomic mass is 19.1. The maximum atomic E-state index is 13.3. The summed E-state index contributed by atoms with van der Waals surface area (Å²) in [6.07, 6.45) is 1.28. The van der Waals surface area contributed by atoms with E-state index >= 15 is 0 Å². The molecular formula is C11H10FN3O. The number of benzene rings is 1. The molecule has 4 nitrogen and oxygen atoms in total. The number of nitrogen functional groups attached to an aromatic ring is 1. The van der Waals surface area contributed by atoms with E-state index in [-0.39, 0.29) is 11.6 Å². The van der Waals surface area contributed by atoms with Gasteiger partial charge in [0.15, 0.2) is 11.6 Å². The summed E-state index contributed by atoms with van der Waals surface area (Å²) in [5.41, 5.74) is 6.18. The zero-order chi connectivity index (χ0) is 11.5. The molecule has 1 aromatic carbocycles. The smallest absolute Gasteiger partial charge is 0.227 e. The number of nitrogens with two attached hydrogens (primary N) is 1. The van der Waals surface area contributed by atoms with Crippen LogP contribution in [0.25, 0.3) is 0 Å². The molecular weight excluding hydrogens is 209 g/mol. The lowest BCUT2D eigenvalue weighted by molar-refractivity contribution is 0.424. The Morgan fingerprint density at radius 3 is 2.75 bits per heavy atom. The third kappa shape index (κ3) is 1.93. The summed E-state index contributed by atoms with van der Waals surface area (Å²) in [6, 6.07) is 6.10. The van der Waals surface area contributed by atoms with E-state index in [2.05, 4.69) is 9.97 Å². The van der Waals surface area contributed by atoms with Gasteiger partial charge in [-0.3, -0.25) is 0 Å². The van der Waals surface area contributed by atoms with Crippen molar-refractivity contribution in [2.75, 3.05) is 5.73 Å². The molecule has 2 rings (SSSR count). The summed E-state index contributed by atoms with van der Waals surface area (Å²) in [5, 5.41) is 0. The van der Waals surface area contributed by atoms with Crippen molar-refractivity contribution in [1.29, 1.82) is 0 Å². The van der Waals surface area contributed by atoms with E-state index in [1.165, 1.54) is 18.5 Å². The number of rotatable bonds is 2. The molecule has 0 atom stereocenters. The molecule has 0 saturated carbocycles. The third-order valence-corrected chi connectivity index (χ3v) is 2.12. The Bertz CT molecular complexity index is 516. The Labute approximate surface area is 91.9 Å². The fourth-order valence-electron chi connectivity index (χ4n) is 1.18. The van der Waals surface area contributed by atoms with Crippen molar-refractivity contribution in [2.45, 2.75) is 6.92 Å². The second-order valence-corrected chi connectivity index (χ2v) is 3.22. The minimum absolute atomic E-state index is 0.115. The van der Waals surface area contributed by atoms with Crippen molar-refractivity contribution in [3.8, 4) is 11.6 Å². The molecule has 0 spiro atoms. The number of para-hydroxylation sites is 1. The quantitative estimate of drug-likeness (QED) is 0.841. The lowest BCUT2D eigenvalue weighted by Crippen LogP contribution is -1.99. The Morgan fingerprint density at radius 1 is 1.25 bits per heavy atom. The highest BCUT2D eigenvalue weighted by Crippen LogP contribution is 2.26. The van der Waals surface area contributed by atoms with Gasteiger partial charge in [-0.2, -0.15) is 0 Å². The normalized spacial score (nSPS) is 10.1. The van der Waals surface area contributed by atoms with Crippen LogP contribution in [0.3, 0.4) is 0 Å². The van der Waals surface area contributed by atoms with Crippen molar-refractivity contribution in [1.82, 2.24) is 9.97 Å². The Balaban J connectivity index is 2.35. The number of nitrogens with zero attached hydrogens (tertiary/aromatic N) is 2. The van der Waals surface area contributed by atoms with E-state index in [1.807, 2.05) is 0 Å². The van der Waals surface area contributed by atoms with Gasteiger partial charge in [0.05, 0.1) is 5.56 Å². The summed E-state index contributed by atoms with van der Waals surface area (Å²) in [7, 11) is 0. The van der Waals surface area contributed by atoms with Gasteiger partial charge in [0.25, 0.3) is 0 Å². The van der Waals surface area contributed by atoms with Gasteiger partial charge in [0.2, 0.25) is 5.88 Å². The van der Waals surface area contributed by atoms with Gasteiger partial charge >= 0.3 is 0 Å². The van der Waals surface area contributed by atoms with E-state index in [9.17, 15) is 4.39 Å². The number of hydrogen-bond donors (Lipinski definition) is 1. The number of aromatic nitrogens is 2. The van der Waals surface area contributed by atoms with Crippen LogP contribution in [0, 0.1) is 12.7 Å². The van der Waals surface area contributed by atoms with Gasteiger partial charge < -0.3 is 10.5 Å². The molecule has 0 aliphatic carbocycles. The fourth-order valence-corrected chi connectivity index (χ4v) is 1.18. The first-order chi connectivity index (χ1) is 7.68. The molecule has 2 aromatic rings. The molecule has 0 aliphatic rings. The number of halogens is 1. The Kier molecular flexibility index (Phi) is 2.68. The molecule has 2 N–H and O–H groups in total. The van der Waals surface area contributed by atoms with Gasteiger partial charge in [0, 0.05) is 0 Å². The van der Waals surface area contributed by atoms with E-state index < -0.39 is 5.82 Å². The predicted molar refractivity (Wildman–Crippen MR) is 57.7 cm³/mol. The highest BCUT2D eigenvalue weighted by molar-refractivity contribution is 5.44. The van der Waals surface area contributed by atoms with Crippen LogP contribution in [0.5, 0.6) is 11.6 Å². The van der Waals surface area contributed by atoms with Crippen LogP contribution in [0.4, 0.5) is 10.2 Å². The van der Waals surface area contributed by atoms with Crippen molar-refractivity contribution >= 4 is 5.82 Å². The zero-order valence-corrected chi connectivity index (χ0v) is 8.64. The molecule has 1 aromatic heterocycles. The maximum absolute atomic E-state index is 13.3. The standard InChI is InChI=1S/C11H10FN3O/c1-7-10(13)14-6-15-11(7)16-9-5-3-2-4-8(9)12/h2-6H,1H3,(H2,13,14,15). The van der Waals surface area contributed by atoms with Crippen LogP contribution in [-0.2, 0) is 0 Å². The molecule has 0 unspecified atom stereocenters. The molecule has 16 heavy (non-hydrogen) atoms. The first-order valence-corrected chi connectivity index (χ1v) is 4.68. The van der Waals surface area contributed by atoms with E-state index in [0.29, 0.717) is 11.4 Å². The summed E-state index contributed by atoms with van der Waals surface area (Å²) in [5.74, 6) is 0.252. The average Bonchev–Trinajstić information content (AvgIpc) is 2.28. The molecule has 0 aliphatic heterocycles. The van der Waals surface area contributed by atoms with Gasteiger partial charge in [-0.15, -0.1) is 0 Å². The molecule has 0 saturated heterocycles. The number of hydrogen-bond acceptors (Lipinski definition) is 4. The molecule has 1 heterocycles. The largest absolute Gasteiger partial charge is 0.435 e. The molecule has 5 heteroatoms. The molecule has 82 valence electrons. The lowest BCUT2D eigenvalue weighted by atomic mass is 10.3. The summed E-state index contributed by atoms with van der Waals surface area (Å²) in [6.45, 7) is 1.71. The van der Waals surface area contributed by atoms with E-state index in [0.717, 1.165) is 0 Å². The SMILES string of the molecule is Cc1c(N)ncnc1Oc1ccccc1F. The third-order valence-electron chi connectivity index (χ3n) is 2.12. The van der Waals surface area contributed by atoms with Gasteiger partial charge in [-0.1, -0.05) is 12.1 Å². The van der Waals surface area contributed by atoms with Crippen molar-refractivity contribution < 1.29 is 9.13 Å². The first-order valence-electron chi connectivity index (χ1n) is 4.68. The Morgan fingerprint density at radius 2 is 2.00 bits per heavy atom. The second kappa shape index (κ2) is 4.14. The summed E-state index contributed by atoms with van der Waals surface area (Å²) >= 11 is 0. The Hall–Kier alpha value is -2.17. The topological polar surface area (TPSA) is 61.0 Å². The highest BCUT2D eigenvalue weighted by Gasteiger charge is 2.09. The van der Waals surface area contributed by atoms with E-state index in [4.69, 9.17) is 10.5 Å². The number of ether oxygens (including phenoxy) is 1. The van der Waals surface area contributed by atoms with Gasteiger partial charge in [0.1, 0.15) is 12.1 Å². The fraction of sp³-hybridized carbons (Fsp3) is 0.0909. The molecule has 0 fully saturated rings. The molecule has 0 bridgehead atoms. The molecule has 0 amide bonds. The first kappa shape index (κ1) is 10.4. The van der Waals surface area contributed by atoms with Gasteiger partial charge in [-0.25, -0.2) is 14.4 Å². The average molecular weight is 219 g/mol. The summed E-state index contributed by atoms with van der Waals surface area (Å²) < 4.78 is 18.6. The lowest BCUT2D eigenvalue weighted by Gasteiger charge is -2.08. The van der Waals surface area contributed by atoms with Crippen molar-refractivity contribution in [3.05, 3.63) is 42.0 Å². The minimum Gasteiger partial charge on any atom is -0.435 e. The van der Waals surface area contributed by atoms with Crippen LogP contribution in [-0.4, -0.2) is 9.97 Å². The maximum Gasteiger partial charge on any atom is 0.227 e. The second-order valence-electron chi connectivity index (χ2n) is 3.22. The van der Waals surface area contributed by atoms with E-state index in [1.54, 1.807) is 19.1 Å². The number of anilines is 1. The van der Waals surface area contributed by atoms with Crippen LogP contribution in [0.15, 0.2) is 30.6 Å².